The van der Waals surface area contributed by atoms with Crippen molar-refractivity contribution in [1.82, 2.24) is 0 Å². The van der Waals surface area contributed by atoms with Crippen molar-refractivity contribution >= 4 is 20.0 Å². The third-order valence-electron chi connectivity index (χ3n) is 7.41. The van der Waals surface area contributed by atoms with Crippen molar-refractivity contribution in [3.63, 3.8) is 0 Å². The molecule has 0 radical (unpaired) electrons. The first kappa shape index (κ1) is 31.3. The molecule has 0 unspecified atom stereocenters. The Morgan fingerprint density at radius 2 is 1.18 bits per heavy atom. The summed E-state index contributed by atoms with van der Waals surface area (Å²) in [6.07, 6.45) is 0.430. The highest BCUT2D eigenvalue weighted by molar-refractivity contribution is 6.78. The molecule has 0 aliphatic rings. The molecule has 0 saturated heterocycles. The standard InChI is InChI=1S/C35H47NO3Si/c1-25(2)40(26(3)4,27(5)6)39-31-22-20-28(21-23-31)24-32(34(37)38-35(7,8)9)36-33(29-16-12-10-13-17-29)30-18-14-11-15-19-30/h10-23,25-27,32H,24H2,1-9H3/t32-/m1/s1. The second-order valence-corrected chi connectivity index (χ2v) is 17.9. The fraction of sp³-hybridized carbons (Fsp3) is 0.429. The van der Waals surface area contributed by atoms with Crippen LogP contribution in [0.5, 0.6) is 5.75 Å². The van der Waals surface area contributed by atoms with Crippen LogP contribution in [0.2, 0.25) is 16.6 Å². The predicted molar refractivity (Wildman–Crippen MR) is 170 cm³/mol. The lowest BCUT2D eigenvalue weighted by Gasteiger charge is -2.42. The molecule has 1 atom stereocenters. The summed E-state index contributed by atoms with van der Waals surface area (Å²) in [5.74, 6) is 0.570. The van der Waals surface area contributed by atoms with Crippen molar-refractivity contribution in [2.24, 2.45) is 4.99 Å². The summed E-state index contributed by atoms with van der Waals surface area (Å²) in [7, 11) is -2.06. The molecule has 0 aliphatic carbocycles. The molecule has 0 bridgehead atoms. The second-order valence-electron chi connectivity index (χ2n) is 12.5. The molecule has 0 saturated carbocycles. The van der Waals surface area contributed by atoms with Gasteiger partial charge in [0.2, 0.25) is 0 Å². The first-order valence-corrected chi connectivity index (χ1v) is 16.7. The van der Waals surface area contributed by atoms with E-state index in [0.29, 0.717) is 23.0 Å². The number of carbonyl (C=O) groups is 1. The molecular formula is C35H47NO3Si. The lowest BCUT2D eigenvalue weighted by Crippen LogP contribution is -2.50. The lowest BCUT2D eigenvalue weighted by molar-refractivity contribution is -0.156. The van der Waals surface area contributed by atoms with Crippen molar-refractivity contribution in [2.75, 3.05) is 0 Å². The minimum absolute atomic E-state index is 0.331. The van der Waals surface area contributed by atoms with Crippen LogP contribution in [0.1, 0.15) is 79.0 Å². The Bertz CT molecular complexity index is 1180. The van der Waals surface area contributed by atoms with Gasteiger partial charge in [-0.1, -0.05) is 114 Å². The molecule has 0 aliphatic heterocycles. The molecule has 0 heterocycles. The average Bonchev–Trinajstić information content (AvgIpc) is 2.89. The summed E-state index contributed by atoms with van der Waals surface area (Å²) >= 11 is 0. The average molecular weight is 558 g/mol. The van der Waals surface area contributed by atoms with Crippen LogP contribution in [0.15, 0.2) is 89.9 Å². The van der Waals surface area contributed by atoms with E-state index in [9.17, 15) is 4.79 Å². The smallest absolute Gasteiger partial charge is 0.331 e. The second kappa shape index (κ2) is 13.4. The maximum atomic E-state index is 13.5. The number of hydrogen-bond donors (Lipinski definition) is 0. The number of hydrogen-bond acceptors (Lipinski definition) is 4. The van der Waals surface area contributed by atoms with Crippen molar-refractivity contribution in [2.45, 2.75) is 97.0 Å². The predicted octanol–water partition coefficient (Wildman–Crippen LogP) is 9.03. The highest BCUT2D eigenvalue weighted by Gasteiger charge is 2.47. The third-order valence-corrected chi connectivity index (χ3v) is 13.4. The monoisotopic (exact) mass is 557 g/mol. The first-order chi connectivity index (χ1) is 18.8. The molecule has 0 spiro atoms. The summed E-state index contributed by atoms with van der Waals surface area (Å²) in [4.78, 5) is 18.6. The minimum atomic E-state index is -2.06. The van der Waals surface area contributed by atoms with Crippen molar-refractivity contribution < 1.29 is 14.0 Å². The van der Waals surface area contributed by atoms with E-state index in [0.717, 1.165) is 28.2 Å². The van der Waals surface area contributed by atoms with E-state index >= 15 is 0 Å². The van der Waals surface area contributed by atoms with Crippen LogP contribution in [0, 0.1) is 0 Å². The van der Waals surface area contributed by atoms with E-state index in [1.807, 2.05) is 81.4 Å². The van der Waals surface area contributed by atoms with Gasteiger partial charge in [-0.05, 0) is 55.1 Å². The highest BCUT2D eigenvalue weighted by Crippen LogP contribution is 2.42. The van der Waals surface area contributed by atoms with Crippen LogP contribution in [0.4, 0.5) is 0 Å². The van der Waals surface area contributed by atoms with Crippen LogP contribution in [0.25, 0.3) is 0 Å². The maximum Gasteiger partial charge on any atom is 0.331 e. The van der Waals surface area contributed by atoms with Crippen LogP contribution in [-0.2, 0) is 16.0 Å². The van der Waals surface area contributed by atoms with E-state index < -0.39 is 20.0 Å². The zero-order chi connectivity index (χ0) is 29.5. The molecule has 0 amide bonds. The molecular weight excluding hydrogens is 510 g/mol. The van der Waals surface area contributed by atoms with E-state index in [1.54, 1.807) is 0 Å². The number of ether oxygens (including phenoxy) is 1. The zero-order valence-electron chi connectivity index (χ0n) is 25.8. The van der Waals surface area contributed by atoms with E-state index in [-0.39, 0.29) is 5.97 Å². The Kier molecular flexibility index (Phi) is 10.5. The van der Waals surface area contributed by atoms with Crippen molar-refractivity contribution in [3.8, 4) is 5.75 Å². The highest BCUT2D eigenvalue weighted by atomic mass is 28.4. The molecule has 3 aromatic carbocycles. The maximum absolute atomic E-state index is 13.5. The quantitative estimate of drug-likeness (QED) is 0.134. The summed E-state index contributed by atoms with van der Waals surface area (Å²) in [5.41, 5.74) is 4.58. The molecule has 3 aromatic rings. The molecule has 214 valence electrons. The molecule has 0 aromatic heterocycles. The van der Waals surface area contributed by atoms with Gasteiger partial charge in [0.15, 0.2) is 6.04 Å². The molecule has 0 fully saturated rings. The first-order valence-electron chi connectivity index (χ1n) is 14.5. The number of esters is 1. The Labute approximate surface area is 243 Å². The zero-order valence-corrected chi connectivity index (χ0v) is 26.8. The number of nitrogens with zero attached hydrogens (tertiary/aromatic N) is 1. The van der Waals surface area contributed by atoms with Gasteiger partial charge < -0.3 is 9.16 Å². The number of rotatable bonds is 11. The van der Waals surface area contributed by atoms with E-state index in [4.69, 9.17) is 14.2 Å². The Hall–Kier alpha value is -3.18. The molecule has 3 rings (SSSR count). The van der Waals surface area contributed by atoms with Crippen LogP contribution in [-0.4, -0.2) is 31.6 Å². The summed E-state index contributed by atoms with van der Waals surface area (Å²) in [5, 5.41) is 0. The summed E-state index contributed by atoms with van der Waals surface area (Å²) in [6.45, 7) is 19.4. The molecule has 4 nitrogen and oxygen atoms in total. The van der Waals surface area contributed by atoms with Gasteiger partial charge in [-0.3, -0.25) is 4.99 Å². The number of carbonyl (C=O) groups excluding carboxylic acids is 1. The summed E-state index contributed by atoms with van der Waals surface area (Å²) < 4.78 is 12.7. The SMILES string of the molecule is CC(C)[Si](Oc1ccc(C[C@@H](N=C(c2ccccc2)c2ccccc2)C(=O)OC(C)(C)C)cc1)(C(C)C)C(C)C. The van der Waals surface area contributed by atoms with E-state index in [2.05, 4.69) is 65.8 Å². The van der Waals surface area contributed by atoms with Gasteiger partial charge in [-0.2, -0.15) is 0 Å². The van der Waals surface area contributed by atoms with Crippen molar-refractivity contribution in [3.05, 3.63) is 102 Å². The van der Waals surface area contributed by atoms with Crippen LogP contribution >= 0.6 is 0 Å². The Morgan fingerprint density at radius 3 is 1.57 bits per heavy atom. The van der Waals surface area contributed by atoms with Gasteiger partial charge in [0, 0.05) is 17.5 Å². The Balaban J connectivity index is 1.98. The van der Waals surface area contributed by atoms with Gasteiger partial charge in [0.25, 0.3) is 8.32 Å². The van der Waals surface area contributed by atoms with E-state index in [1.165, 1.54) is 0 Å². The van der Waals surface area contributed by atoms with Crippen LogP contribution < -0.4 is 4.43 Å². The number of aliphatic imine (C=N–C) groups is 1. The largest absolute Gasteiger partial charge is 0.543 e. The van der Waals surface area contributed by atoms with Crippen LogP contribution in [0.3, 0.4) is 0 Å². The Morgan fingerprint density at radius 1 is 0.725 bits per heavy atom. The summed E-state index contributed by atoms with van der Waals surface area (Å²) in [6, 6.07) is 27.6. The molecule has 40 heavy (non-hydrogen) atoms. The minimum Gasteiger partial charge on any atom is -0.543 e. The topological polar surface area (TPSA) is 47.9 Å². The third kappa shape index (κ3) is 7.94. The molecule has 5 heteroatoms. The van der Waals surface area contributed by atoms with Gasteiger partial charge >= 0.3 is 5.97 Å². The van der Waals surface area contributed by atoms with Gasteiger partial charge in [0.1, 0.15) is 11.4 Å². The molecule has 0 N–H and O–H groups in total. The fourth-order valence-corrected chi connectivity index (χ4v) is 10.9. The fourth-order valence-electron chi connectivity index (χ4n) is 5.69. The van der Waals surface area contributed by atoms with Gasteiger partial charge in [-0.15, -0.1) is 0 Å². The lowest BCUT2D eigenvalue weighted by atomic mass is 10.0. The van der Waals surface area contributed by atoms with Gasteiger partial charge in [0.05, 0.1) is 5.71 Å². The van der Waals surface area contributed by atoms with Gasteiger partial charge in [-0.25, -0.2) is 4.79 Å². The van der Waals surface area contributed by atoms with Crippen molar-refractivity contribution in [1.29, 1.82) is 0 Å². The normalized spacial score (nSPS) is 12.9. The number of benzene rings is 3.